The molecule has 1 aromatic heterocycles. The van der Waals surface area contributed by atoms with Crippen LogP contribution in [0, 0.1) is 18.8 Å². The van der Waals surface area contributed by atoms with E-state index in [2.05, 4.69) is 40.7 Å². The van der Waals surface area contributed by atoms with Gasteiger partial charge in [-0.25, -0.2) is 0 Å². The number of allylic oxidation sites excluding steroid dienone is 2. The fourth-order valence-corrected chi connectivity index (χ4v) is 4.77. The van der Waals surface area contributed by atoms with E-state index in [4.69, 9.17) is 10.5 Å². The van der Waals surface area contributed by atoms with Crippen molar-refractivity contribution in [1.29, 1.82) is 0 Å². The van der Waals surface area contributed by atoms with Crippen molar-refractivity contribution in [2.45, 2.75) is 38.1 Å². The Morgan fingerprint density at radius 2 is 2.07 bits per heavy atom. The van der Waals surface area contributed by atoms with Gasteiger partial charge in [-0.1, -0.05) is 30.4 Å². The summed E-state index contributed by atoms with van der Waals surface area (Å²) in [6.45, 7) is 4.87. The van der Waals surface area contributed by atoms with E-state index in [9.17, 15) is 0 Å². The highest BCUT2D eigenvalue weighted by Crippen LogP contribution is 2.37. The predicted octanol–water partition coefficient (Wildman–Crippen LogP) is 4.14. The third-order valence-corrected chi connectivity index (χ3v) is 6.29. The Morgan fingerprint density at radius 1 is 1.21 bits per heavy atom. The summed E-state index contributed by atoms with van der Waals surface area (Å²) in [5.74, 6) is 1.98. The summed E-state index contributed by atoms with van der Waals surface area (Å²) in [6.07, 6.45) is 12.9. The van der Waals surface area contributed by atoms with Gasteiger partial charge in [0.25, 0.3) is 0 Å². The van der Waals surface area contributed by atoms with Gasteiger partial charge in [-0.3, -0.25) is 4.98 Å². The lowest BCUT2D eigenvalue weighted by molar-refractivity contribution is 0.147. The second kappa shape index (κ2) is 8.46. The molecule has 28 heavy (non-hydrogen) atoms. The Balaban J connectivity index is 1.49. The van der Waals surface area contributed by atoms with E-state index in [0.29, 0.717) is 18.4 Å². The molecule has 2 aliphatic rings. The quantitative estimate of drug-likeness (QED) is 0.794. The van der Waals surface area contributed by atoms with Crippen LogP contribution in [0.3, 0.4) is 0 Å². The minimum absolute atomic E-state index is 0.266. The number of pyridine rings is 1. The van der Waals surface area contributed by atoms with E-state index in [1.807, 2.05) is 31.2 Å². The topological polar surface area (TPSA) is 60.2 Å². The number of ether oxygens (including phenoxy) is 1. The lowest BCUT2D eigenvalue weighted by Gasteiger charge is -2.42. The van der Waals surface area contributed by atoms with Crippen LogP contribution in [0.2, 0.25) is 0 Å². The molecule has 1 aliphatic carbocycles. The van der Waals surface area contributed by atoms with Gasteiger partial charge in [-0.2, -0.15) is 0 Å². The van der Waals surface area contributed by atoms with E-state index in [0.717, 1.165) is 48.3 Å². The molecular formula is C24H31N3O. The van der Waals surface area contributed by atoms with E-state index in [1.54, 1.807) is 0 Å². The van der Waals surface area contributed by atoms with E-state index < -0.39 is 0 Å². The normalized spacial score (nSPS) is 23.8. The fraction of sp³-hybridized carbons (Fsp3) is 0.458. The molecule has 4 nitrogen and oxygen atoms in total. The summed E-state index contributed by atoms with van der Waals surface area (Å²) in [4.78, 5) is 4.61. The first kappa shape index (κ1) is 19.2. The molecule has 0 saturated carbocycles. The van der Waals surface area contributed by atoms with Crippen molar-refractivity contribution < 1.29 is 4.74 Å². The lowest BCUT2D eigenvalue weighted by Crippen LogP contribution is -2.51. The SMILES string of the molecule is Cc1ccc2c(OCCC(C3CCNCC3)C3(N)C=CC=CC3)cccc2n1. The molecule has 1 fully saturated rings. The highest BCUT2D eigenvalue weighted by Gasteiger charge is 2.38. The van der Waals surface area contributed by atoms with Crippen LogP contribution < -0.4 is 15.8 Å². The van der Waals surface area contributed by atoms with Crippen LogP contribution >= 0.6 is 0 Å². The van der Waals surface area contributed by atoms with Crippen molar-refractivity contribution in [3.63, 3.8) is 0 Å². The van der Waals surface area contributed by atoms with E-state index in [-0.39, 0.29) is 5.54 Å². The highest BCUT2D eigenvalue weighted by atomic mass is 16.5. The van der Waals surface area contributed by atoms with Gasteiger partial charge in [0.2, 0.25) is 0 Å². The molecule has 0 bridgehead atoms. The Hall–Kier alpha value is -2.17. The molecule has 0 spiro atoms. The summed E-state index contributed by atoms with van der Waals surface area (Å²) in [5.41, 5.74) is 8.65. The maximum Gasteiger partial charge on any atom is 0.128 e. The number of nitrogens with one attached hydrogen (secondary N) is 1. The monoisotopic (exact) mass is 377 g/mol. The maximum atomic E-state index is 6.90. The Kier molecular flexibility index (Phi) is 5.79. The van der Waals surface area contributed by atoms with Crippen LogP contribution in [0.5, 0.6) is 5.75 Å². The van der Waals surface area contributed by atoms with Crippen molar-refractivity contribution in [2.24, 2.45) is 17.6 Å². The first-order valence-electron chi connectivity index (χ1n) is 10.5. The number of rotatable bonds is 6. The number of nitrogens with zero attached hydrogens (tertiary/aromatic N) is 1. The molecule has 4 heteroatoms. The van der Waals surface area contributed by atoms with Crippen LogP contribution in [0.4, 0.5) is 0 Å². The molecule has 2 atom stereocenters. The first-order chi connectivity index (χ1) is 13.7. The average Bonchev–Trinajstić information content (AvgIpc) is 2.72. The molecule has 1 aromatic carbocycles. The fourth-order valence-electron chi connectivity index (χ4n) is 4.77. The van der Waals surface area contributed by atoms with Crippen molar-refractivity contribution in [2.75, 3.05) is 19.7 Å². The predicted molar refractivity (Wildman–Crippen MR) is 115 cm³/mol. The molecule has 2 heterocycles. The van der Waals surface area contributed by atoms with Crippen LogP contribution in [-0.2, 0) is 0 Å². The molecule has 148 valence electrons. The smallest absolute Gasteiger partial charge is 0.128 e. The number of fused-ring (bicyclic) bond motifs is 1. The number of nitrogens with two attached hydrogens (primary N) is 1. The number of aryl methyl sites for hydroxylation is 1. The number of aromatic nitrogens is 1. The summed E-state index contributed by atoms with van der Waals surface area (Å²) in [6, 6.07) is 10.3. The van der Waals surface area contributed by atoms with Crippen molar-refractivity contribution in [1.82, 2.24) is 10.3 Å². The zero-order chi connectivity index (χ0) is 19.4. The molecule has 2 aromatic rings. The Bertz CT molecular complexity index is 869. The van der Waals surface area contributed by atoms with Crippen molar-refractivity contribution >= 4 is 10.9 Å². The van der Waals surface area contributed by atoms with Gasteiger partial charge in [0, 0.05) is 16.6 Å². The van der Waals surface area contributed by atoms with Crippen LogP contribution in [-0.4, -0.2) is 30.2 Å². The van der Waals surface area contributed by atoms with Gasteiger partial charge in [-0.15, -0.1) is 0 Å². The third-order valence-electron chi connectivity index (χ3n) is 6.29. The molecule has 2 unspecified atom stereocenters. The van der Waals surface area contributed by atoms with Gasteiger partial charge in [-0.05, 0) is 81.8 Å². The number of hydrogen-bond acceptors (Lipinski definition) is 4. The first-order valence-corrected chi connectivity index (χ1v) is 10.5. The van der Waals surface area contributed by atoms with Crippen LogP contribution in [0.1, 0.15) is 31.4 Å². The van der Waals surface area contributed by atoms with E-state index in [1.165, 1.54) is 12.8 Å². The largest absolute Gasteiger partial charge is 0.493 e. The third kappa shape index (κ3) is 4.13. The molecule has 0 amide bonds. The van der Waals surface area contributed by atoms with Crippen LogP contribution in [0.15, 0.2) is 54.6 Å². The molecule has 1 aliphatic heterocycles. The van der Waals surface area contributed by atoms with Gasteiger partial charge in [0.15, 0.2) is 0 Å². The minimum Gasteiger partial charge on any atom is -0.493 e. The zero-order valence-electron chi connectivity index (χ0n) is 16.7. The molecule has 4 rings (SSSR count). The number of piperidine rings is 1. The zero-order valence-corrected chi connectivity index (χ0v) is 16.7. The highest BCUT2D eigenvalue weighted by molar-refractivity contribution is 5.85. The number of hydrogen-bond donors (Lipinski definition) is 2. The molecule has 1 saturated heterocycles. The van der Waals surface area contributed by atoms with Gasteiger partial charge >= 0.3 is 0 Å². The minimum atomic E-state index is -0.266. The summed E-state index contributed by atoms with van der Waals surface area (Å²) in [7, 11) is 0. The Labute approximate surface area is 167 Å². The number of benzene rings is 1. The standard InChI is InChI=1S/C24H31N3O/c1-18-8-9-20-22(27-18)6-5-7-23(20)28-17-12-21(19-10-15-26-16-11-19)24(25)13-3-2-4-14-24/h2-9,13,19,21,26H,10-12,14-17,25H2,1H3. The summed E-state index contributed by atoms with van der Waals surface area (Å²) in [5, 5.41) is 4.56. The van der Waals surface area contributed by atoms with Gasteiger partial charge in [0.05, 0.1) is 12.1 Å². The second-order valence-corrected chi connectivity index (χ2v) is 8.21. The molecule has 3 N–H and O–H groups in total. The summed E-state index contributed by atoms with van der Waals surface area (Å²) < 4.78 is 6.26. The summed E-state index contributed by atoms with van der Waals surface area (Å²) >= 11 is 0. The van der Waals surface area contributed by atoms with E-state index >= 15 is 0 Å². The van der Waals surface area contributed by atoms with Gasteiger partial charge in [0.1, 0.15) is 5.75 Å². The maximum absolute atomic E-state index is 6.90. The van der Waals surface area contributed by atoms with Crippen molar-refractivity contribution in [3.05, 3.63) is 60.3 Å². The second-order valence-electron chi connectivity index (χ2n) is 8.21. The van der Waals surface area contributed by atoms with Crippen molar-refractivity contribution in [3.8, 4) is 5.75 Å². The average molecular weight is 378 g/mol. The van der Waals surface area contributed by atoms with Gasteiger partial charge < -0.3 is 15.8 Å². The molecular weight excluding hydrogens is 346 g/mol. The lowest BCUT2D eigenvalue weighted by atomic mass is 9.69. The Morgan fingerprint density at radius 3 is 2.86 bits per heavy atom. The molecule has 0 radical (unpaired) electrons. The van der Waals surface area contributed by atoms with Crippen LogP contribution in [0.25, 0.3) is 10.9 Å².